The van der Waals surface area contributed by atoms with Gasteiger partial charge in [-0.25, -0.2) is 18.1 Å². The van der Waals surface area contributed by atoms with Gasteiger partial charge in [-0.2, -0.15) is 5.10 Å². The molecule has 0 radical (unpaired) electrons. The third kappa shape index (κ3) is 3.74. The summed E-state index contributed by atoms with van der Waals surface area (Å²) in [6.45, 7) is 4.42. The summed E-state index contributed by atoms with van der Waals surface area (Å²) in [7, 11) is -3.79. The lowest BCUT2D eigenvalue weighted by Crippen LogP contribution is -2.29. The number of carbonyl (C=O) groups excluding carboxylic acids is 1. The quantitative estimate of drug-likeness (QED) is 0.484. The van der Waals surface area contributed by atoms with Crippen molar-refractivity contribution in [1.82, 2.24) is 14.8 Å². The number of hydrogen-bond donors (Lipinski definition) is 1. The van der Waals surface area contributed by atoms with Crippen LogP contribution in [0.1, 0.15) is 35.8 Å². The lowest BCUT2D eigenvalue weighted by Gasteiger charge is -2.20. The highest BCUT2D eigenvalue weighted by Gasteiger charge is 2.31. The number of anilines is 2. The molecule has 2 aromatic carbocycles. The van der Waals surface area contributed by atoms with Crippen LogP contribution in [0.3, 0.4) is 0 Å². The normalized spacial score (nSPS) is 13.5. The van der Waals surface area contributed by atoms with Crippen molar-refractivity contribution in [2.24, 2.45) is 0 Å². The van der Waals surface area contributed by atoms with Crippen LogP contribution in [-0.2, 0) is 16.4 Å². The van der Waals surface area contributed by atoms with Crippen molar-refractivity contribution in [2.45, 2.75) is 31.2 Å². The van der Waals surface area contributed by atoms with Crippen molar-refractivity contribution >= 4 is 38.3 Å². The van der Waals surface area contributed by atoms with E-state index in [1.807, 2.05) is 36.7 Å². The second-order valence-electron chi connectivity index (χ2n) is 8.26. The van der Waals surface area contributed by atoms with Crippen LogP contribution in [0.4, 0.5) is 11.4 Å². The van der Waals surface area contributed by atoms with E-state index in [9.17, 15) is 13.2 Å². The Hall–Kier alpha value is -3.72. The first-order valence-corrected chi connectivity index (χ1v) is 12.1. The van der Waals surface area contributed by atoms with Gasteiger partial charge in [-0.3, -0.25) is 9.10 Å². The van der Waals surface area contributed by atoms with E-state index in [4.69, 9.17) is 0 Å². The van der Waals surface area contributed by atoms with Gasteiger partial charge in [0.15, 0.2) is 5.65 Å². The fraction of sp³-hybridized carbons (Fsp3) is 0.208. The highest BCUT2D eigenvalue weighted by molar-refractivity contribution is 7.92. The lowest BCUT2D eigenvalue weighted by atomic mass is 10.2. The molecule has 0 bridgehead atoms. The molecule has 9 heteroatoms. The van der Waals surface area contributed by atoms with Gasteiger partial charge in [0.2, 0.25) is 0 Å². The second-order valence-corrected chi connectivity index (χ2v) is 10.1. The summed E-state index contributed by atoms with van der Waals surface area (Å²) >= 11 is 0. The molecule has 1 amide bonds. The molecule has 168 valence electrons. The molecule has 0 atom stereocenters. The molecule has 0 spiro atoms. The average molecular weight is 462 g/mol. The van der Waals surface area contributed by atoms with Crippen molar-refractivity contribution < 1.29 is 13.2 Å². The van der Waals surface area contributed by atoms with Gasteiger partial charge in [0.25, 0.3) is 15.9 Å². The molecule has 0 saturated heterocycles. The Bertz CT molecular complexity index is 1480. The zero-order chi connectivity index (χ0) is 23.2. The SMILES string of the molecule is CC(C)n1ncc2cc(NC(=O)c3cccc(S(=O)(=O)N4CCc5ccccc54)c3)cnc21. The van der Waals surface area contributed by atoms with E-state index in [0.717, 1.165) is 16.6 Å². The third-order valence-corrected chi connectivity index (χ3v) is 7.52. The maximum atomic E-state index is 13.3. The number of benzene rings is 2. The number of fused-ring (bicyclic) bond motifs is 2. The summed E-state index contributed by atoms with van der Waals surface area (Å²) in [5.41, 5.74) is 3.19. The summed E-state index contributed by atoms with van der Waals surface area (Å²) in [6, 6.07) is 15.5. The summed E-state index contributed by atoms with van der Waals surface area (Å²) in [6.07, 6.45) is 3.94. The number of nitrogens with one attached hydrogen (secondary N) is 1. The van der Waals surface area contributed by atoms with Crippen LogP contribution in [0.25, 0.3) is 11.0 Å². The number of rotatable bonds is 5. The van der Waals surface area contributed by atoms with Gasteiger partial charge in [-0.05, 0) is 56.2 Å². The number of nitrogens with zero attached hydrogens (tertiary/aromatic N) is 4. The molecule has 1 aliphatic heterocycles. The summed E-state index contributed by atoms with van der Waals surface area (Å²) in [5.74, 6) is -0.411. The first kappa shape index (κ1) is 21.1. The van der Waals surface area contributed by atoms with Crippen LogP contribution in [0.5, 0.6) is 0 Å². The molecular weight excluding hydrogens is 438 g/mol. The fourth-order valence-corrected chi connectivity index (χ4v) is 5.62. The molecule has 5 rings (SSSR count). The third-order valence-electron chi connectivity index (χ3n) is 5.71. The molecule has 0 fully saturated rings. The molecule has 1 N–H and O–H groups in total. The van der Waals surface area contributed by atoms with Gasteiger partial charge in [-0.15, -0.1) is 0 Å². The highest BCUT2D eigenvalue weighted by Crippen LogP contribution is 2.32. The number of hydrogen-bond acceptors (Lipinski definition) is 5. The molecule has 0 saturated carbocycles. The smallest absolute Gasteiger partial charge is 0.264 e. The highest BCUT2D eigenvalue weighted by atomic mass is 32.2. The van der Waals surface area contributed by atoms with Crippen LogP contribution in [0.15, 0.2) is 71.9 Å². The fourth-order valence-electron chi connectivity index (χ4n) is 4.07. The topological polar surface area (TPSA) is 97.2 Å². The summed E-state index contributed by atoms with van der Waals surface area (Å²) in [4.78, 5) is 17.4. The van der Waals surface area contributed by atoms with E-state index in [0.29, 0.717) is 24.3 Å². The predicted molar refractivity (Wildman–Crippen MR) is 127 cm³/mol. The molecule has 8 nitrogen and oxygen atoms in total. The monoisotopic (exact) mass is 461 g/mol. The van der Waals surface area contributed by atoms with Crippen LogP contribution >= 0.6 is 0 Å². The molecule has 0 aliphatic carbocycles. The van der Waals surface area contributed by atoms with Crippen LogP contribution in [0.2, 0.25) is 0 Å². The van der Waals surface area contributed by atoms with Crippen molar-refractivity contribution in [3.63, 3.8) is 0 Å². The maximum absolute atomic E-state index is 13.3. The molecular formula is C24H23N5O3S. The van der Waals surface area contributed by atoms with Gasteiger partial charge in [0, 0.05) is 23.5 Å². The standard InChI is InChI=1S/C24H23N5O3S/c1-16(2)29-23-19(14-26-29)12-20(15-25-23)27-24(30)18-7-5-8-21(13-18)33(31,32)28-11-10-17-6-3-4-9-22(17)28/h3-9,12-16H,10-11H2,1-2H3,(H,27,30). The Labute approximate surface area is 191 Å². The predicted octanol–water partition coefficient (Wildman–Crippen LogP) is 4.02. The Balaban J connectivity index is 1.40. The first-order chi connectivity index (χ1) is 15.8. The van der Waals surface area contributed by atoms with Crippen molar-refractivity contribution in [3.05, 3.63) is 78.1 Å². The minimum absolute atomic E-state index is 0.0821. The summed E-state index contributed by atoms with van der Waals surface area (Å²) < 4.78 is 29.8. The van der Waals surface area contributed by atoms with E-state index < -0.39 is 15.9 Å². The van der Waals surface area contributed by atoms with Gasteiger partial charge in [0.05, 0.1) is 28.7 Å². The molecule has 1 aliphatic rings. The van der Waals surface area contributed by atoms with Crippen molar-refractivity contribution in [2.75, 3.05) is 16.2 Å². The average Bonchev–Trinajstić information content (AvgIpc) is 3.43. The Morgan fingerprint density at radius 2 is 1.88 bits per heavy atom. The van der Waals surface area contributed by atoms with Gasteiger partial charge >= 0.3 is 0 Å². The summed E-state index contributed by atoms with van der Waals surface area (Å²) in [5, 5.41) is 7.95. The number of amides is 1. The molecule has 3 heterocycles. The van der Waals surface area contributed by atoms with E-state index in [2.05, 4.69) is 15.4 Å². The van der Waals surface area contributed by atoms with Crippen molar-refractivity contribution in [1.29, 1.82) is 0 Å². The second kappa shape index (κ2) is 8.00. The molecule has 4 aromatic rings. The zero-order valence-electron chi connectivity index (χ0n) is 18.3. The number of pyridine rings is 1. The maximum Gasteiger partial charge on any atom is 0.264 e. The molecule has 33 heavy (non-hydrogen) atoms. The van der Waals surface area contributed by atoms with Gasteiger partial charge in [-0.1, -0.05) is 24.3 Å². The van der Waals surface area contributed by atoms with E-state index in [1.54, 1.807) is 36.7 Å². The molecule has 2 aromatic heterocycles. The van der Waals surface area contributed by atoms with E-state index >= 15 is 0 Å². The number of carbonyl (C=O) groups is 1. The van der Waals surface area contributed by atoms with E-state index in [-0.39, 0.29) is 16.5 Å². The number of aromatic nitrogens is 3. The Morgan fingerprint density at radius 1 is 1.06 bits per heavy atom. The zero-order valence-corrected chi connectivity index (χ0v) is 19.1. The molecule has 0 unspecified atom stereocenters. The van der Waals surface area contributed by atoms with E-state index in [1.165, 1.54) is 16.4 Å². The largest absolute Gasteiger partial charge is 0.321 e. The number of sulfonamides is 1. The Kier molecular flexibility index (Phi) is 5.13. The first-order valence-electron chi connectivity index (χ1n) is 10.7. The van der Waals surface area contributed by atoms with Gasteiger partial charge < -0.3 is 5.32 Å². The van der Waals surface area contributed by atoms with Gasteiger partial charge in [0.1, 0.15) is 0 Å². The minimum atomic E-state index is -3.79. The lowest BCUT2D eigenvalue weighted by molar-refractivity contribution is 0.102. The minimum Gasteiger partial charge on any atom is -0.321 e. The van der Waals surface area contributed by atoms with Crippen LogP contribution in [-0.4, -0.2) is 35.6 Å². The van der Waals surface area contributed by atoms with Crippen molar-refractivity contribution in [3.8, 4) is 0 Å². The van der Waals surface area contributed by atoms with Crippen LogP contribution in [0, 0.1) is 0 Å². The number of para-hydroxylation sites is 1. The van der Waals surface area contributed by atoms with Crippen LogP contribution < -0.4 is 9.62 Å². The Morgan fingerprint density at radius 3 is 2.70 bits per heavy atom.